The zero-order valence-electron chi connectivity index (χ0n) is 12.1. The summed E-state index contributed by atoms with van der Waals surface area (Å²) in [5, 5.41) is 4.53. The van der Waals surface area contributed by atoms with Crippen LogP contribution in [-0.2, 0) is 0 Å². The second kappa shape index (κ2) is 6.71. The highest BCUT2D eigenvalue weighted by molar-refractivity contribution is 7.15. The Morgan fingerprint density at radius 2 is 1.87 bits per heavy atom. The molecule has 0 aliphatic heterocycles. The van der Waals surface area contributed by atoms with Gasteiger partial charge in [0.2, 0.25) is 0 Å². The number of thiazole rings is 1. The molecule has 0 aliphatic carbocycles. The summed E-state index contributed by atoms with van der Waals surface area (Å²) in [6, 6.07) is 14.6. The predicted octanol–water partition coefficient (Wildman–Crippen LogP) is 5.68. The summed E-state index contributed by atoms with van der Waals surface area (Å²) in [5.41, 5.74) is 1.86. The van der Waals surface area contributed by atoms with E-state index in [-0.39, 0.29) is 5.91 Å². The average Bonchev–Trinajstić information content (AvgIpc) is 2.93. The van der Waals surface area contributed by atoms with E-state index in [1.165, 1.54) is 11.3 Å². The number of rotatable bonds is 3. The molecule has 3 aromatic rings. The van der Waals surface area contributed by atoms with Gasteiger partial charge in [0.15, 0.2) is 0 Å². The molecular formula is C17H12Cl2N2OS. The smallest absolute Gasteiger partial charge is 0.275 e. The lowest BCUT2D eigenvalue weighted by molar-refractivity contribution is 0.102. The van der Waals surface area contributed by atoms with Gasteiger partial charge in [0.1, 0.15) is 5.69 Å². The summed E-state index contributed by atoms with van der Waals surface area (Å²) in [4.78, 5) is 17.8. The largest absolute Gasteiger partial charge is 0.319 e. The minimum Gasteiger partial charge on any atom is -0.319 e. The number of aromatic nitrogens is 1. The third-order valence-electron chi connectivity index (χ3n) is 3.16. The average molecular weight is 363 g/mol. The molecule has 6 heteroatoms. The van der Waals surface area contributed by atoms with Gasteiger partial charge in [0.25, 0.3) is 5.91 Å². The van der Waals surface area contributed by atoms with Crippen molar-refractivity contribution in [2.75, 3.05) is 5.32 Å². The zero-order chi connectivity index (χ0) is 16.4. The molecule has 0 saturated heterocycles. The fraction of sp³-hybridized carbons (Fsp3) is 0.0588. The molecule has 1 amide bonds. The maximum Gasteiger partial charge on any atom is 0.275 e. The van der Waals surface area contributed by atoms with E-state index in [2.05, 4.69) is 10.3 Å². The van der Waals surface area contributed by atoms with Gasteiger partial charge >= 0.3 is 0 Å². The predicted molar refractivity (Wildman–Crippen MR) is 96.7 cm³/mol. The lowest BCUT2D eigenvalue weighted by Gasteiger charge is -2.07. The number of carbonyl (C=O) groups excluding carboxylic acids is 1. The van der Waals surface area contributed by atoms with Gasteiger partial charge < -0.3 is 5.32 Å². The van der Waals surface area contributed by atoms with Crippen LogP contribution in [0, 0.1) is 6.92 Å². The van der Waals surface area contributed by atoms with Gasteiger partial charge in [0, 0.05) is 5.02 Å². The van der Waals surface area contributed by atoms with Crippen LogP contribution in [0.25, 0.3) is 10.4 Å². The number of halogens is 2. The van der Waals surface area contributed by atoms with Crippen molar-refractivity contribution in [2.24, 2.45) is 0 Å². The Kier molecular flexibility index (Phi) is 4.66. The molecule has 2 aromatic carbocycles. The van der Waals surface area contributed by atoms with Crippen molar-refractivity contribution >= 4 is 46.1 Å². The van der Waals surface area contributed by atoms with Gasteiger partial charge in [-0.15, -0.1) is 11.3 Å². The monoisotopic (exact) mass is 362 g/mol. The van der Waals surface area contributed by atoms with Crippen LogP contribution in [0.4, 0.5) is 5.69 Å². The van der Waals surface area contributed by atoms with Crippen LogP contribution in [0.2, 0.25) is 10.0 Å². The Balaban J connectivity index is 1.94. The highest BCUT2D eigenvalue weighted by Crippen LogP contribution is 2.31. The van der Waals surface area contributed by atoms with Crippen LogP contribution in [-0.4, -0.2) is 10.9 Å². The molecule has 0 radical (unpaired) electrons. The fourth-order valence-electron chi connectivity index (χ4n) is 2.14. The first-order chi connectivity index (χ1) is 11.0. The van der Waals surface area contributed by atoms with E-state index < -0.39 is 0 Å². The number of amides is 1. The lowest BCUT2D eigenvalue weighted by Crippen LogP contribution is -2.13. The summed E-state index contributed by atoms with van der Waals surface area (Å²) in [7, 11) is 0. The van der Waals surface area contributed by atoms with Crippen LogP contribution in [0.1, 0.15) is 15.5 Å². The molecule has 23 heavy (non-hydrogen) atoms. The van der Waals surface area contributed by atoms with Gasteiger partial charge in [-0.05, 0) is 30.7 Å². The van der Waals surface area contributed by atoms with Crippen molar-refractivity contribution in [2.45, 2.75) is 6.92 Å². The number of nitrogens with zero attached hydrogens (tertiary/aromatic N) is 1. The van der Waals surface area contributed by atoms with Crippen molar-refractivity contribution in [3.63, 3.8) is 0 Å². The van der Waals surface area contributed by atoms with Gasteiger partial charge in [-0.2, -0.15) is 0 Å². The molecule has 0 atom stereocenters. The molecule has 1 aromatic heterocycles. The molecule has 3 nitrogen and oxygen atoms in total. The molecule has 116 valence electrons. The second-order valence-corrected chi connectivity index (χ2v) is 6.90. The van der Waals surface area contributed by atoms with Gasteiger partial charge in [-0.25, -0.2) is 4.98 Å². The van der Waals surface area contributed by atoms with Crippen molar-refractivity contribution in [3.05, 3.63) is 69.3 Å². The molecule has 0 saturated carbocycles. The molecular weight excluding hydrogens is 351 g/mol. The summed E-state index contributed by atoms with van der Waals surface area (Å²) in [6.07, 6.45) is 0. The van der Waals surface area contributed by atoms with Crippen molar-refractivity contribution in [1.29, 1.82) is 0 Å². The van der Waals surface area contributed by atoms with E-state index in [1.807, 2.05) is 37.3 Å². The lowest BCUT2D eigenvalue weighted by atomic mass is 10.1. The second-order valence-electron chi connectivity index (χ2n) is 4.85. The molecule has 0 fully saturated rings. The highest BCUT2D eigenvalue weighted by Gasteiger charge is 2.19. The van der Waals surface area contributed by atoms with Crippen molar-refractivity contribution < 1.29 is 4.79 Å². The van der Waals surface area contributed by atoms with Crippen LogP contribution < -0.4 is 5.32 Å². The Morgan fingerprint density at radius 3 is 2.57 bits per heavy atom. The first-order valence-corrected chi connectivity index (χ1v) is 8.41. The molecule has 3 rings (SSSR count). The van der Waals surface area contributed by atoms with Gasteiger partial charge in [-0.1, -0.05) is 53.5 Å². The number of aryl methyl sites for hydroxylation is 1. The highest BCUT2D eigenvalue weighted by atomic mass is 35.5. The van der Waals surface area contributed by atoms with Crippen LogP contribution in [0.3, 0.4) is 0 Å². The maximum absolute atomic E-state index is 12.6. The molecule has 0 spiro atoms. The van der Waals surface area contributed by atoms with E-state index in [9.17, 15) is 4.79 Å². The van der Waals surface area contributed by atoms with E-state index in [0.29, 0.717) is 21.4 Å². The number of nitrogens with one attached hydrogen (secondary N) is 1. The molecule has 1 heterocycles. The minimum absolute atomic E-state index is 0.294. The van der Waals surface area contributed by atoms with Crippen molar-refractivity contribution in [1.82, 2.24) is 4.98 Å². The van der Waals surface area contributed by atoms with Crippen LogP contribution in [0.5, 0.6) is 0 Å². The molecule has 0 unspecified atom stereocenters. The Hall–Kier alpha value is -1.88. The third kappa shape index (κ3) is 3.55. The molecule has 0 aliphatic rings. The number of anilines is 1. The van der Waals surface area contributed by atoms with Crippen LogP contribution >= 0.6 is 34.5 Å². The zero-order valence-corrected chi connectivity index (χ0v) is 14.5. The topological polar surface area (TPSA) is 42.0 Å². The van der Waals surface area contributed by atoms with Gasteiger partial charge in [-0.3, -0.25) is 4.79 Å². The Labute approximate surface area is 147 Å². The first kappa shape index (κ1) is 16.0. The minimum atomic E-state index is -0.294. The van der Waals surface area contributed by atoms with E-state index in [0.717, 1.165) is 15.4 Å². The van der Waals surface area contributed by atoms with E-state index in [1.54, 1.807) is 18.2 Å². The molecule has 1 N–H and O–H groups in total. The molecule has 0 bridgehead atoms. The fourth-order valence-corrected chi connectivity index (χ4v) is 3.52. The normalized spacial score (nSPS) is 10.6. The SMILES string of the molecule is Cc1nc(C(=O)Nc2ccc(Cl)cc2Cl)c(-c2ccccc2)s1. The first-order valence-electron chi connectivity index (χ1n) is 6.84. The third-order valence-corrected chi connectivity index (χ3v) is 4.73. The van der Waals surface area contributed by atoms with Gasteiger partial charge in [0.05, 0.1) is 20.6 Å². The number of hydrogen-bond donors (Lipinski definition) is 1. The summed E-state index contributed by atoms with van der Waals surface area (Å²) >= 11 is 13.5. The summed E-state index contributed by atoms with van der Waals surface area (Å²) in [5.74, 6) is -0.294. The summed E-state index contributed by atoms with van der Waals surface area (Å²) < 4.78 is 0. The Bertz CT molecular complexity index is 862. The van der Waals surface area contributed by atoms with Crippen LogP contribution in [0.15, 0.2) is 48.5 Å². The number of carbonyl (C=O) groups is 1. The summed E-state index contributed by atoms with van der Waals surface area (Å²) in [6.45, 7) is 1.88. The van der Waals surface area contributed by atoms with E-state index >= 15 is 0 Å². The van der Waals surface area contributed by atoms with E-state index in [4.69, 9.17) is 23.2 Å². The maximum atomic E-state index is 12.6. The quantitative estimate of drug-likeness (QED) is 0.651. The van der Waals surface area contributed by atoms with Crippen molar-refractivity contribution in [3.8, 4) is 10.4 Å². The number of hydrogen-bond acceptors (Lipinski definition) is 3. The standard InChI is InChI=1S/C17H12Cl2N2OS/c1-10-20-15(16(23-10)11-5-3-2-4-6-11)17(22)21-14-8-7-12(18)9-13(14)19/h2-9H,1H3,(H,21,22). The number of benzene rings is 2. The Morgan fingerprint density at radius 1 is 1.13 bits per heavy atom.